The molecular formula is C16H16ClF3N2O4. The lowest BCUT2D eigenvalue weighted by atomic mass is 10.1. The molecule has 0 atom stereocenters. The van der Waals surface area contributed by atoms with Crippen molar-refractivity contribution >= 4 is 29.2 Å². The van der Waals surface area contributed by atoms with Gasteiger partial charge >= 0.3 is 12.1 Å². The number of nitrogens with zero attached hydrogens (tertiary/aromatic N) is 2. The van der Waals surface area contributed by atoms with E-state index in [1.54, 1.807) is 18.2 Å². The van der Waals surface area contributed by atoms with Crippen LogP contribution in [0.3, 0.4) is 0 Å². The molecule has 0 bridgehead atoms. The number of anilines is 1. The summed E-state index contributed by atoms with van der Waals surface area (Å²) in [5.41, 5.74) is 0.963. The molecule has 0 saturated carbocycles. The molecule has 1 saturated heterocycles. The molecular weight excluding hydrogens is 377 g/mol. The van der Waals surface area contributed by atoms with E-state index in [1.807, 2.05) is 11.0 Å². The van der Waals surface area contributed by atoms with Gasteiger partial charge in [0.15, 0.2) is 0 Å². The summed E-state index contributed by atoms with van der Waals surface area (Å²) in [5.74, 6) is -2.99. The second kappa shape index (κ2) is 9.29. The summed E-state index contributed by atoms with van der Waals surface area (Å²) < 4.78 is 40.9. The zero-order chi connectivity index (χ0) is 19.9. The van der Waals surface area contributed by atoms with E-state index in [1.165, 1.54) is 0 Å². The predicted octanol–water partition coefficient (Wildman–Crippen LogP) is 3.38. The number of carboxylic acid groups (broad SMARTS) is 1. The molecule has 2 rings (SSSR count). The Kier molecular flexibility index (Phi) is 7.71. The van der Waals surface area contributed by atoms with Gasteiger partial charge in [0.2, 0.25) is 0 Å². The molecule has 1 N–H and O–H groups in total. The van der Waals surface area contributed by atoms with E-state index in [-0.39, 0.29) is 12.8 Å². The number of esters is 1. The molecule has 10 heteroatoms. The van der Waals surface area contributed by atoms with Crippen LogP contribution in [0.1, 0.15) is 25.3 Å². The SMILES string of the molecule is CC(=O)O.N#Cc1c(Cl)cccc1N1CCC(OC(=O)C(F)(F)F)CC1. The van der Waals surface area contributed by atoms with Gasteiger partial charge in [0.1, 0.15) is 12.2 Å². The minimum Gasteiger partial charge on any atom is -0.481 e. The molecule has 142 valence electrons. The Bertz CT molecular complexity index is 692. The minimum absolute atomic E-state index is 0.263. The third kappa shape index (κ3) is 6.44. The number of carbonyl (C=O) groups excluding carboxylic acids is 1. The van der Waals surface area contributed by atoms with Crippen molar-refractivity contribution < 1.29 is 32.6 Å². The summed E-state index contributed by atoms with van der Waals surface area (Å²) in [6, 6.07) is 7.05. The van der Waals surface area contributed by atoms with Crippen molar-refractivity contribution in [3.05, 3.63) is 28.8 Å². The maximum absolute atomic E-state index is 12.2. The number of hydrogen-bond donors (Lipinski definition) is 1. The van der Waals surface area contributed by atoms with Crippen LogP contribution in [0, 0.1) is 11.3 Å². The van der Waals surface area contributed by atoms with E-state index in [4.69, 9.17) is 26.8 Å². The van der Waals surface area contributed by atoms with Crippen molar-refractivity contribution in [2.75, 3.05) is 18.0 Å². The first-order valence-electron chi connectivity index (χ1n) is 7.47. The van der Waals surface area contributed by atoms with E-state index in [9.17, 15) is 18.0 Å². The van der Waals surface area contributed by atoms with Crippen LogP contribution in [0.15, 0.2) is 18.2 Å². The zero-order valence-corrected chi connectivity index (χ0v) is 14.5. The highest BCUT2D eigenvalue weighted by atomic mass is 35.5. The normalized spacial score (nSPS) is 14.7. The van der Waals surface area contributed by atoms with E-state index in [2.05, 4.69) is 4.74 Å². The molecule has 1 fully saturated rings. The lowest BCUT2D eigenvalue weighted by Crippen LogP contribution is -2.40. The Morgan fingerprint density at radius 1 is 1.35 bits per heavy atom. The lowest BCUT2D eigenvalue weighted by Gasteiger charge is -2.33. The smallest absolute Gasteiger partial charge is 0.481 e. The molecule has 0 unspecified atom stereocenters. The van der Waals surface area contributed by atoms with Gasteiger partial charge in [-0.25, -0.2) is 4.79 Å². The highest BCUT2D eigenvalue weighted by molar-refractivity contribution is 6.32. The molecule has 0 amide bonds. The first-order chi connectivity index (χ1) is 12.1. The molecule has 0 aliphatic carbocycles. The Morgan fingerprint density at radius 3 is 2.35 bits per heavy atom. The van der Waals surface area contributed by atoms with Crippen LogP contribution in [0.25, 0.3) is 0 Å². The molecule has 6 nitrogen and oxygen atoms in total. The third-order valence-electron chi connectivity index (χ3n) is 3.39. The molecule has 1 aliphatic rings. The van der Waals surface area contributed by atoms with Crippen molar-refractivity contribution in [3.8, 4) is 6.07 Å². The number of piperidine rings is 1. The van der Waals surface area contributed by atoms with E-state index < -0.39 is 24.2 Å². The van der Waals surface area contributed by atoms with E-state index in [0.29, 0.717) is 29.4 Å². The van der Waals surface area contributed by atoms with Crippen LogP contribution in [-0.4, -0.2) is 42.4 Å². The van der Waals surface area contributed by atoms with E-state index in [0.717, 1.165) is 6.92 Å². The molecule has 1 aliphatic heterocycles. The largest absolute Gasteiger partial charge is 0.490 e. The van der Waals surface area contributed by atoms with Gasteiger partial charge in [-0.2, -0.15) is 18.4 Å². The lowest BCUT2D eigenvalue weighted by molar-refractivity contribution is -0.205. The van der Waals surface area contributed by atoms with Gasteiger partial charge < -0.3 is 14.7 Å². The van der Waals surface area contributed by atoms with Crippen molar-refractivity contribution in [2.45, 2.75) is 32.0 Å². The van der Waals surface area contributed by atoms with Gasteiger partial charge in [-0.1, -0.05) is 17.7 Å². The maximum Gasteiger partial charge on any atom is 0.490 e. The highest BCUT2D eigenvalue weighted by Crippen LogP contribution is 2.30. The van der Waals surface area contributed by atoms with Crippen molar-refractivity contribution in [2.24, 2.45) is 0 Å². The monoisotopic (exact) mass is 392 g/mol. The molecule has 26 heavy (non-hydrogen) atoms. The van der Waals surface area contributed by atoms with Crippen LogP contribution in [-0.2, 0) is 14.3 Å². The summed E-state index contributed by atoms with van der Waals surface area (Å²) in [6.45, 7) is 1.84. The number of hydrogen-bond acceptors (Lipinski definition) is 5. The average molecular weight is 393 g/mol. The van der Waals surface area contributed by atoms with Crippen molar-refractivity contribution in [1.82, 2.24) is 0 Å². The van der Waals surface area contributed by atoms with Crippen LogP contribution in [0.4, 0.5) is 18.9 Å². The van der Waals surface area contributed by atoms with Crippen LogP contribution < -0.4 is 4.90 Å². The summed E-state index contributed by atoms with van der Waals surface area (Å²) in [7, 11) is 0. The summed E-state index contributed by atoms with van der Waals surface area (Å²) >= 11 is 5.95. The molecule has 0 aromatic heterocycles. The summed E-state index contributed by atoms with van der Waals surface area (Å²) in [5, 5.41) is 16.9. The number of benzene rings is 1. The third-order valence-corrected chi connectivity index (χ3v) is 3.71. The first-order valence-corrected chi connectivity index (χ1v) is 7.85. The van der Waals surface area contributed by atoms with Crippen LogP contribution in [0.5, 0.6) is 0 Å². The number of rotatable bonds is 2. The van der Waals surface area contributed by atoms with Crippen LogP contribution in [0.2, 0.25) is 5.02 Å². The zero-order valence-electron chi connectivity index (χ0n) is 13.7. The number of carboxylic acids is 1. The number of carbonyl (C=O) groups is 2. The van der Waals surface area contributed by atoms with E-state index >= 15 is 0 Å². The Morgan fingerprint density at radius 2 is 1.88 bits per heavy atom. The Balaban J connectivity index is 0.000000765. The molecule has 1 aromatic rings. The Hall–Kier alpha value is -2.47. The quantitative estimate of drug-likeness (QED) is 0.776. The van der Waals surface area contributed by atoms with Gasteiger partial charge in [-0.15, -0.1) is 0 Å². The van der Waals surface area contributed by atoms with Crippen LogP contribution >= 0.6 is 11.6 Å². The summed E-state index contributed by atoms with van der Waals surface area (Å²) in [6.07, 6.45) is -5.22. The number of nitriles is 1. The number of halogens is 4. The van der Waals surface area contributed by atoms with Crippen molar-refractivity contribution in [3.63, 3.8) is 0 Å². The molecule has 1 aromatic carbocycles. The first kappa shape index (κ1) is 21.6. The average Bonchev–Trinajstić information content (AvgIpc) is 2.54. The fourth-order valence-corrected chi connectivity index (χ4v) is 2.53. The van der Waals surface area contributed by atoms with Gasteiger partial charge in [-0.3, -0.25) is 4.79 Å². The number of ether oxygens (including phenoxy) is 1. The Labute approximate surface area is 152 Å². The molecule has 1 heterocycles. The topological polar surface area (TPSA) is 90.6 Å². The number of aliphatic carboxylic acids is 1. The summed E-state index contributed by atoms with van der Waals surface area (Å²) in [4.78, 5) is 21.7. The van der Waals surface area contributed by atoms with Gasteiger partial charge in [0, 0.05) is 32.9 Å². The minimum atomic E-state index is -4.97. The molecule has 0 radical (unpaired) electrons. The van der Waals surface area contributed by atoms with Crippen molar-refractivity contribution in [1.29, 1.82) is 5.26 Å². The fourth-order valence-electron chi connectivity index (χ4n) is 2.32. The van der Waals surface area contributed by atoms with Gasteiger partial charge in [0.05, 0.1) is 16.3 Å². The second-order valence-electron chi connectivity index (χ2n) is 5.35. The predicted molar refractivity (Wildman–Crippen MR) is 86.9 cm³/mol. The maximum atomic E-state index is 12.2. The fraction of sp³-hybridized carbons (Fsp3) is 0.438. The standard InChI is InChI=1S/C14H12ClF3N2O2.C2H4O2/c15-11-2-1-3-12(10(11)8-19)20-6-4-9(5-7-20)22-13(21)14(16,17)18;1-2(3)4/h1-3,9H,4-7H2;1H3,(H,3,4). The van der Waals surface area contributed by atoms with Gasteiger partial charge in [0.25, 0.3) is 5.97 Å². The molecule has 0 spiro atoms. The highest BCUT2D eigenvalue weighted by Gasteiger charge is 2.42. The van der Waals surface area contributed by atoms with Gasteiger partial charge in [-0.05, 0) is 12.1 Å². The number of alkyl halides is 3. The second-order valence-corrected chi connectivity index (χ2v) is 5.76.